The van der Waals surface area contributed by atoms with Crippen LogP contribution in [-0.2, 0) is 9.53 Å². The molecule has 0 bridgehead atoms. The highest BCUT2D eigenvalue weighted by molar-refractivity contribution is 5.99. The van der Waals surface area contributed by atoms with Gasteiger partial charge in [0.2, 0.25) is 5.91 Å². The van der Waals surface area contributed by atoms with Gasteiger partial charge in [-0.05, 0) is 44.5 Å². The smallest absolute Gasteiger partial charge is 0.256 e. The summed E-state index contributed by atoms with van der Waals surface area (Å²) in [5.74, 6) is -0.431. The van der Waals surface area contributed by atoms with Gasteiger partial charge in [-0.2, -0.15) is 0 Å². The minimum atomic E-state index is -0.904. The zero-order chi connectivity index (χ0) is 24.3. The number of amides is 3. The molecule has 2 aromatic rings. The molecular formula is C27H33N3O4. The summed E-state index contributed by atoms with van der Waals surface area (Å²) in [6.07, 6.45) is 1.73. The fourth-order valence-electron chi connectivity index (χ4n) is 4.87. The van der Waals surface area contributed by atoms with Crippen LogP contribution in [0.25, 0.3) is 0 Å². The predicted octanol–water partition coefficient (Wildman–Crippen LogP) is 3.30. The van der Waals surface area contributed by atoms with Crippen LogP contribution in [0.5, 0.6) is 0 Å². The highest BCUT2D eigenvalue weighted by Crippen LogP contribution is 2.39. The number of nitrogens with zero attached hydrogens (tertiary/aromatic N) is 2. The van der Waals surface area contributed by atoms with Gasteiger partial charge in [0.15, 0.2) is 0 Å². The zero-order valence-corrected chi connectivity index (χ0v) is 20.2. The Morgan fingerprint density at radius 2 is 1.56 bits per heavy atom. The van der Waals surface area contributed by atoms with Gasteiger partial charge >= 0.3 is 0 Å². The van der Waals surface area contributed by atoms with E-state index in [2.05, 4.69) is 5.32 Å². The number of ether oxygens (including phenoxy) is 1. The monoisotopic (exact) mass is 463 g/mol. The van der Waals surface area contributed by atoms with Crippen LogP contribution in [0.3, 0.4) is 0 Å². The Balaban J connectivity index is 1.57. The van der Waals surface area contributed by atoms with Crippen LogP contribution in [0.4, 0.5) is 0 Å². The molecule has 2 fully saturated rings. The first-order valence-electron chi connectivity index (χ1n) is 12.0. The normalized spacial score (nSPS) is 19.3. The molecule has 0 aromatic heterocycles. The standard InChI is InChI=1S/C27H33N3O4/c1-4-13-28-24(31)23-18-34-27(30(23)26(33)22-10-6-8-20(3)17-22)11-14-29(15-12-27)25(32)21-9-5-7-19(2)16-21/h5-10,16-17,23H,4,11-15,18H2,1-3H3,(H,28,31). The summed E-state index contributed by atoms with van der Waals surface area (Å²) in [5, 5.41) is 2.92. The van der Waals surface area contributed by atoms with Crippen LogP contribution in [0.2, 0.25) is 0 Å². The largest absolute Gasteiger partial charge is 0.354 e. The molecule has 3 amide bonds. The molecule has 2 aromatic carbocycles. The molecule has 2 heterocycles. The minimum Gasteiger partial charge on any atom is -0.354 e. The quantitative estimate of drug-likeness (QED) is 0.738. The fourth-order valence-corrected chi connectivity index (χ4v) is 4.87. The van der Waals surface area contributed by atoms with Crippen LogP contribution in [0, 0.1) is 13.8 Å². The number of piperidine rings is 1. The average Bonchev–Trinajstić information content (AvgIpc) is 3.20. The third kappa shape index (κ3) is 4.71. The van der Waals surface area contributed by atoms with Crippen molar-refractivity contribution < 1.29 is 19.1 Å². The average molecular weight is 464 g/mol. The van der Waals surface area contributed by atoms with Crippen molar-refractivity contribution in [3.8, 4) is 0 Å². The Hall–Kier alpha value is -3.19. The first kappa shape index (κ1) is 24.0. The Labute approximate surface area is 201 Å². The van der Waals surface area contributed by atoms with E-state index in [1.54, 1.807) is 11.0 Å². The second-order valence-electron chi connectivity index (χ2n) is 9.27. The molecule has 0 radical (unpaired) electrons. The first-order valence-corrected chi connectivity index (χ1v) is 12.0. The van der Waals surface area contributed by atoms with E-state index in [1.165, 1.54) is 0 Å². The zero-order valence-electron chi connectivity index (χ0n) is 20.2. The summed E-state index contributed by atoms with van der Waals surface area (Å²) in [5.41, 5.74) is 2.31. The maximum absolute atomic E-state index is 13.7. The summed E-state index contributed by atoms with van der Waals surface area (Å²) >= 11 is 0. The Morgan fingerprint density at radius 1 is 0.971 bits per heavy atom. The fraction of sp³-hybridized carbons (Fsp3) is 0.444. The van der Waals surface area contributed by atoms with Crippen molar-refractivity contribution >= 4 is 17.7 Å². The third-order valence-electron chi connectivity index (χ3n) is 6.69. The van der Waals surface area contributed by atoms with Gasteiger partial charge in [-0.3, -0.25) is 19.3 Å². The first-order chi connectivity index (χ1) is 16.3. The van der Waals surface area contributed by atoms with Gasteiger partial charge in [0.05, 0.1) is 6.61 Å². The number of aryl methyl sites for hydroxylation is 2. The molecule has 180 valence electrons. The maximum atomic E-state index is 13.7. The lowest BCUT2D eigenvalue weighted by Gasteiger charge is -2.44. The molecule has 2 aliphatic heterocycles. The molecule has 7 nitrogen and oxygen atoms in total. The number of carbonyl (C=O) groups excluding carboxylic acids is 3. The summed E-state index contributed by atoms with van der Waals surface area (Å²) in [7, 11) is 0. The van der Waals surface area contributed by atoms with Gasteiger partial charge in [-0.1, -0.05) is 42.3 Å². The van der Waals surface area contributed by atoms with E-state index in [-0.39, 0.29) is 24.3 Å². The van der Waals surface area contributed by atoms with E-state index in [9.17, 15) is 14.4 Å². The molecule has 2 aliphatic rings. The summed E-state index contributed by atoms with van der Waals surface area (Å²) < 4.78 is 6.24. The SMILES string of the molecule is CCCNC(=O)C1COC2(CCN(C(=O)c3cccc(C)c3)CC2)N1C(=O)c1cccc(C)c1. The number of rotatable bonds is 5. The Bertz CT molecular complexity index is 1080. The highest BCUT2D eigenvalue weighted by Gasteiger charge is 2.54. The number of hydrogen-bond donors (Lipinski definition) is 1. The molecule has 1 spiro atoms. The number of likely N-dealkylation sites (tertiary alicyclic amines) is 1. The van der Waals surface area contributed by atoms with Crippen LogP contribution >= 0.6 is 0 Å². The summed E-state index contributed by atoms with van der Waals surface area (Å²) in [4.78, 5) is 43.2. The summed E-state index contributed by atoms with van der Waals surface area (Å²) in [6, 6.07) is 14.3. The third-order valence-corrected chi connectivity index (χ3v) is 6.69. The van der Waals surface area contributed by atoms with Crippen molar-refractivity contribution in [3.63, 3.8) is 0 Å². The predicted molar refractivity (Wildman–Crippen MR) is 129 cm³/mol. The topological polar surface area (TPSA) is 79.0 Å². The second-order valence-corrected chi connectivity index (χ2v) is 9.27. The van der Waals surface area contributed by atoms with E-state index >= 15 is 0 Å². The van der Waals surface area contributed by atoms with Crippen LogP contribution in [0.1, 0.15) is 58.0 Å². The van der Waals surface area contributed by atoms with E-state index < -0.39 is 11.8 Å². The molecule has 2 saturated heterocycles. The molecular weight excluding hydrogens is 430 g/mol. The number of hydrogen-bond acceptors (Lipinski definition) is 4. The molecule has 4 rings (SSSR count). The van der Waals surface area contributed by atoms with Gasteiger partial charge in [-0.15, -0.1) is 0 Å². The Morgan fingerprint density at radius 3 is 2.12 bits per heavy atom. The molecule has 7 heteroatoms. The molecule has 0 saturated carbocycles. The van der Waals surface area contributed by atoms with Gasteiger partial charge in [0, 0.05) is 43.6 Å². The molecule has 0 aliphatic carbocycles. The lowest BCUT2D eigenvalue weighted by Crippen LogP contribution is -2.59. The maximum Gasteiger partial charge on any atom is 0.256 e. The van der Waals surface area contributed by atoms with Gasteiger partial charge in [-0.25, -0.2) is 0 Å². The van der Waals surface area contributed by atoms with Crippen molar-refractivity contribution in [2.45, 2.75) is 51.8 Å². The van der Waals surface area contributed by atoms with E-state index in [0.29, 0.717) is 43.6 Å². The van der Waals surface area contributed by atoms with Crippen molar-refractivity contribution in [1.82, 2.24) is 15.1 Å². The van der Waals surface area contributed by atoms with E-state index in [1.807, 2.05) is 68.1 Å². The van der Waals surface area contributed by atoms with Crippen molar-refractivity contribution in [2.24, 2.45) is 0 Å². The van der Waals surface area contributed by atoms with Crippen LogP contribution in [0.15, 0.2) is 48.5 Å². The van der Waals surface area contributed by atoms with Crippen LogP contribution < -0.4 is 5.32 Å². The molecule has 1 unspecified atom stereocenters. The highest BCUT2D eigenvalue weighted by atomic mass is 16.5. The molecule has 1 N–H and O–H groups in total. The van der Waals surface area contributed by atoms with Gasteiger partial charge in [0.1, 0.15) is 11.8 Å². The van der Waals surface area contributed by atoms with E-state index in [4.69, 9.17) is 4.74 Å². The molecule has 1 atom stereocenters. The van der Waals surface area contributed by atoms with Gasteiger partial charge in [0.25, 0.3) is 11.8 Å². The minimum absolute atomic E-state index is 0.0228. The lowest BCUT2D eigenvalue weighted by atomic mass is 9.95. The Kier molecular flexibility index (Phi) is 7.03. The number of nitrogens with one attached hydrogen (secondary N) is 1. The van der Waals surface area contributed by atoms with Crippen LogP contribution in [-0.4, -0.2) is 65.5 Å². The second kappa shape index (κ2) is 9.97. The van der Waals surface area contributed by atoms with Crippen molar-refractivity contribution in [3.05, 3.63) is 70.8 Å². The summed E-state index contributed by atoms with van der Waals surface area (Å²) in [6.45, 7) is 7.50. The number of benzene rings is 2. The lowest BCUT2D eigenvalue weighted by molar-refractivity contribution is -0.128. The molecule has 34 heavy (non-hydrogen) atoms. The number of carbonyl (C=O) groups is 3. The van der Waals surface area contributed by atoms with E-state index in [0.717, 1.165) is 17.5 Å². The van der Waals surface area contributed by atoms with Gasteiger partial charge < -0.3 is 15.0 Å². The van der Waals surface area contributed by atoms with Crippen molar-refractivity contribution in [1.29, 1.82) is 0 Å². The van der Waals surface area contributed by atoms with Crippen molar-refractivity contribution in [2.75, 3.05) is 26.2 Å².